The van der Waals surface area contributed by atoms with E-state index < -0.39 is 29.5 Å². The number of amides is 1. The van der Waals surface area contributed by atoms with Gasteiger partial charge in [-0.05, 0) is 42.5 Å². The van der Waals surface area contributed by atoms with Crippen molar-refractivity contribution in [2.24, 2.45) is 0 Å². The number of carbonyl (C=O) groups is 1. The molecule has 2 aromatic rings. The lowest BCUT2D eigenvalue weighted by Crippen LogP contribution is -2.35. The topological polar surface area (TPSA) is 58.6 Å². The molecular formula is C16H14F3NO3. The zero-order valence-electron chi connectivity index (χ0n) is 11.9. The molecule has 2 aromatic carbocycles. The third kappa shape index (κ3) is 5.00. The van der Waals surface area contributed by atoms with E-state index in [9.17, 15) is 23.1 Å². The van der Waals surface area contributed by atoms with E-state index in [4.69, 9.17) is 4.74 Å². The van der Waals surface area contributed by atoms with Crippen molar-refractivity contribution >= 4 is 5.91 Å². The molecule has 0 spiro atoms. The number of hydrogen-bond donors (Lipinski definition) is 2. The number of rotatable bonds is 6. The first-order chi connectivity index (χ1) is 11.0. The largest absolute Gasteiger partial charge is 0.491 e. The average molecular weight is 325 g/mol. The van der Waals surface area contributed by atoms with Crippen molar-refractivity contribution in [2.75, 3.05) is 13.2 Å². The molecule has 1 atom stereocenters. The van der Waals surface area contributed by atoms with Gasteiger partial charge in [0.15, 0.2) is 11.6 Å². The van der Waals surface area contributed by atoms with E-state index in [1.807, 2.05) is 0 Å². The van der Waals surface area contributed by atoms with E-state index >= 15 is 0 Å². The van der Waals surface area contributed by atoms with Crippen LogP contribution in [0.1, 0.15) is 10.4 Å². The maximum absolute atomic E-state index is 13.0. The molecule has 0 aliphatic heterocycles. The quantitative estimate of drug-likeness (QED) is 0.857. The molecule has 0 aliphatic rings. The molecule has 0 saturated carbocycles. The van der Waals surface area contributed by atoms with Crippen molar-refractivity contribution in [1.82, 2.24) is 5.32 Å². The predicted octanol–water partition coefficient (Wildman–Crippen LogP) is 2.27. The lowest BCUT2D eigenvalue weighted by molar-refractivity contribution is 0.0843. The molecular weight excluding hydrogens is 311 g/mol. The maximum atomic E-state index is 13.0. The Morgan fingerprint density at radius 3 is 2.43 bits per heavy atom. The maximum Gasteiger partial charge on any atom is 0.251 e. The fourth-order valence-corrected chi connectivity index (χ4v) is 1.73. The number of ether oxygens (including phenoxy) is 1. The van der Waals surface area contributed by atoms with Crippen molar-refractivity contribution in [3.05, 3.63) is 65.5 Å². The smallest absolute Gasteiger partial charge is 0.251 e. The molecule has 0 heterocycles. The molecule has 0 saturated heterocycles. The van der Waals surface area contributed by atoms with Crippen molar-refractivity contribution in [3.8, 4) is 5.75 Å². The molecule has 7 heteroatoms. The minimum atomic E-state index is -1.13. The normalized spacial score (nSPS) is 11.8. The highest BCUT2D eigenvalue weighted by molar-refractivity contribution is 5.94. The predicted molar refractivity (Wildman–Crippen MR) is 76.6 cm³/mol. The first-order valence-corrected chi connectivity index (χ1v) is 6.75. The highest BCUT2D eigenvalue weighted by Gasteiger charge is 2.12. The number of benzene rings is 2. The molecule has 2 N–H and O–H groups in total. The second-order valence-electron chi connectivity index (χ2n) is 4.76. The van der Waals surface area contributed by atoms with Gasteiger partial charge in [-0.15, -0.1) is 0 Å². The Morgan fingerprint density at radius 1 is 1.09 bits per heavy atom. The first-order valence-electron chi connectivity index (χ1n) is 6.75. The van der Waals surface area contributed by atoms with Crippen LogP contribution in [-0.2, 0) is 0 Å². The molecule has 1 unspecified atom stereocenters. The summed E-state index contributed by atoms with van der Waals surface area (Å²) < 4.78 is 43.7. The fourth-order valence-electron chi connectivity index (χ4n) is 1.73. The summed E-state index contributed by atoms with van der Waals surface area (Å²) in [6.45, 7) is -0.261. The van der Waals surface area contributed by atoms with Crippen LogP contribution >= 0.6 is 0 Å². The Hall–Kier alpha value is -2.54. The van der Waals surface area contributed by atoms with Crippen LogP contribution in [-0.4, -0.2) is 30.3 Å². The highest BCUT2D eigenvalue weighted by Crippen LogP contribution is 2.11. The Bertz CT molecular complexity index is 677. The van der Waals surface area contributed by atoms with Crippen LogP contribution in [0.3, 0.4) is 0 Å². The van der Waals surface area contributed by atoms with Gasteiger partial charge in [-0.3, -0.25) is 4.79 Å². The van der Waals surface area contributed by atoms with Gasteiger partial charge in [0, 0.05) is 12.1 Å². The SMILES string of the molecule is O=C(NCC(O)COc1ccc(F)cc1)c1ccc(F)c(F)c1. The van der Waals surface area contributed by atoms with Crippen molar-refractivity contribution in [2.45, 2.75) is 6.10 Å². The zero-order valence-corrected chi connectivity index (χ0v) is 11.9. The van der Waals surface area contributed by atoms with Crippen LogP contribution < -0.4 is 10.1 Å². The Labute approximate surface area is 130 Å². The first kappa shape index (κ1) is 16.8. The van der Waals surface area contributed by atoms with Gasteiger partial charge in [0.2, 0.25) is 0 Å². The molecule has 23 heavy (non-hydrogen) atoms. The molecule has 0 radical (unpaired) electrons. The molecule has 0 aromatic heterocycles. The van der Waals surface area contributed by atoms with Crippen molar-refractivity contribution < 1.29 is 27.8 Å². The molecule has 1 amide bonds. The van der Waals surface area contributed by atoms with Gasteiger partial charge >= 0.3 is 0 Å². The molecule has 0 bridgehead atoms. The van der Waals surface area contributed by atoms with Gasteiger partial charge < -0.3 is 15.2 Å². The molecule has 0 aliphatic carbocycles. The van der Waals surface area contributed by atoms with Crippen LogP contribution in [0.15, 0.2) is 42.5 Å². The summed E-state index contributed by atoms with van der Waals surface area (Å²) in [4.78, 5) is 11.7. The Balaban J connectivity index is 1.79. The van der Waals surface area contributed by atoms with Crippen LogP contribution in [0, 0.1) is 17.5 Å². The van der Waals surface area contributed by atoms with E-state index in [1.165, 1.54) is 24.3 Å². The van der Waals surface area contributed by atoms with Crippen LogP contribution in [0.25, 0.3) is 0 Å². The Kier molecular flexibility index (Phi) is 5.59. The van der Waals surface area contributed by atoms with Crippen molar-refractivity contribution in [1.29, 1.82) is 0 Å². The van der Waals surface area contributed by atoms with Gasteiger partial charge in [-0.1, -0.05) is 0 Å². The average Bonchev–Trinajstić information content (AvgIpc) is 2.54. The minimum Gasteiger partial charge on any atom is -0.491 e. The second kappa shape index (κ2) is 7.64. The molecule has 122 valence electrons. The lowest BCUT2D eigenvalue weighted by atomic mass is 10.2. The van der Waals surface area contributed by atoms with E-state index in [1.54, 1.807) is 0 Å². The summed E-state index contributed by atoms with van der Waals surface area (Å²) >= 11 is 0. The van der Waals surface area contributed by atoms with E-state index in [0.29, 0.717) is 5.75 Å². The summed E-state index contributed by atoms with van der Waals surface area (Å²) in [6.07, 6.45) is -1.02. The standard InChI is InChI=1S/C16H14F3NO3/c17-11-2-4-13(5-3-11)23-9-12(21)8-20-16(22)10-1-6-14(18)15(19)7-10/h1-7,12,21H,8-9H2,(H,20,22). The third-order valence-electron chi connectivity index (χ3n) is 2.94. The van der Waals surface area contributed by atoms with Gasteiger partial charge in [0.25, 0.3) is 5.91 Å². The fraction of sp³-hybridized carbons (Fsp3) is 0.188. The van der Waals surface area contributed by atoms with E-state index in [0.717, 1.165) is 18.2 Å². The van der Waals surface area contributed by atoms with E-state index in [2.05, 4.69) is 5.32 Å². The van der Waals surface area contributed by atoms with Crippen molar-refractivity contribution in [3.63, 3.8) is 0 Å². The van der Waals surface area contributed by atoms with Gasteiger partial charge in [0.05, 0.1) is 0 Å². The summed E-state index contributed by atoms with van der Waals surface area (Å²) in [5, 5.41) is 12.1. The number of aliphatic hydroxyl groups is 1. The summed E-state index contributed by atoms with van der Waals surface area (Å²) in [5.41, 5.74) is -0.0597. The third-order valence-corrected chi connectivity index (χ3v) is 2.94. The number of hydrogen-bond acceptors (Lipinski definition) is 3. The van der Waals surface area contributed by atoms with Gasteiger partial charge in [-0.2, -0.15) is 0 Å². The van der Waals surface area contributed by atoms with Crippen LogP contribution in [0.5, 0.6) is 5.75 Å². The Morgan fingerprint density at radius 2 is 1.78 bits per heavy atom. The number of carbonyl (C=O) groups excluding carboxylic acids is 1. The number of halogens is 3. The van der Waals surface area contributed by atoms with Crippen LogP contribution in [0.2, 0.25) is 0 Å². The minimum absolute atomic E-state index is 0.0597. The summed E-state index contributed by atoms with van der Waals surface area (Å²) in [6, 6.07) is 7.99. The number of aliphatic hydroxyl groups excluding tert-OH is 1. The molecule has 2 rings (SSSR count). The zero-order chi connectivity index (χ0) is 16.8. The van der Waals surface area contributed by atoms with Gasteiger partial charge in [-0.25, -0.2) is 13.2 Å². The van der Waals surface area contributed by atoms with Gasteiger partial charge in [0.1, 0.15) is 24.3 Å². The summed E-state index contributed by atoms with van der Waals surface area (Å²) in [7, 11) is 0. The molecule has 0 fully saturated rings. The monoisotopic (exact) mass is 325 g/mol. The second-order valence-corrected chi connectivity index (χ2v) is 4.76. The summed E-state index contributed by atoms with van der Waals surface area (Å²) in [5.74, 6) is -2.86. The number of nitrogens with one attached hydrogen (secondary N) is 1. The highest BCUT2D eigenvalue weighted by atomic mass is 19.2. The van der Waals surface area contributed by atoms with Crippen LogP contribution in [0.4, 0.5) is 13.2 Å². The lowest BCUT2D eigenvalue weighted by Gasteiger charge is -2.13. The van der Waals surface area contributed by atoms with E-state index in [-0.39, 0.29) is 18.7 Å². The molecule has 4 nitrogen and oxygen atoms in total.